The van der Waals surface area contributed by atoms with Gasteiger partial charge in [0.15, 0.2) is 6.29 Å². The molecule has 6 nitrogen and oxygen atoms in total. The van der Waals surface area contributed by atoms with Crippen molar-refractivity contribution in [3.63, 3.8) is 0 Å². The van der Waals surface area contributed by atoms with E-state index in [0.29, 0.717) is 37.3 Å². The fourth-order valence-corrected chi connectivity index (χ4v) is 11.4. The van der Waals surface area contributed by atoms with E-state index in [-0.39, 0.29) is 30.5 Å². The molecular weight excluding hydrogens is 636 g/mol. The molecule has 0 bridgehead atoms. The summed E-state index contributed by atoms with van der Waals surface area (Å²) in [6, 6.07) is 0. The van der Waals surface area contributed by atoms with Gasteiger partial charge in [-0.25, -0.2) is 0 Å². The van der Waals surface area contributed by atoms with Gasteiger partial charge in [0.05, 0.1) is 12.7 Å². The van der Waals surface area contributed by atoms with Crippen LogP contribution in [-0.4, -0.2) is 69.8 Å². The molecule has 5 rings (SSSR count). The maximum atomic E-state index is 7.13. The molecule has 6 heteroatoms. The zero-order chi connectivity index (χ0) is 36.4. The van der Waals surface area contributed by atoms with Crippen molar-refractivity contribution in [1.82, 2.24) is 0 Å². The molecule has 1 heterocycles. The summed E-state index contributed by atoms with van der Waals surface area (Å²) < 4.78 is 40.4. The molecule has 2 unspecified atom stereocenters. The van der Waals surface area contributed by atoms with Crippen molar-refractivity contribution in [2.75, 3.05) is 33.0 Å². The number of hydrogen-bond acceptors (Lipinski definition) is 6. The van der Waals surface area contributed by atoms with Crippen LogP contribution in [0.25, 0.3) is 0 Å². The molecule has 0 amide bonds. The highest BCUT2D eigenvalue weighted by Gasteiger charge is 2.59. The van der Waals surface area contributed by atoms with Crippen molar-refractivity contribution in [3.05, 3.63) is 11.6 Å². The summed E-state index contributed by atoms with van der Waals surface area (Å²) in [4.78, 5) is 0. The van der Waals surface area contributed by atoms with E-state index in [1.807, 2.05) is 0 Å². The van der Waals surface area contributed by atoms with E-state index in [2.05, 4.69) is 61.5 Å². The first-order chi connectivity index (χ1) is 24.7. The Morgan fingerprint density at radius 2 is 1.39 bits per heavy atom. The lowest BCUT2D eigenvalue weighted by Gasteiger charge is -2.58. The molecular formula is C45H80O6. The molecule has 1 aliphatic heterocycles. The van der Waals surface area contributed by atoms with Crippen molar-refractivity contribution in [2.45, 2.75) is 201 Å². The maximum absolute atomic E-state index is 7.13. The van der Waals surface area contributed by atoms with Gasteiger partial charge in [0.25, 0.3) is 0 Å². The molecule has 13 atom stereocenters. The van der Waals surface area contributed by atoms with Crippen LogP contribution in [0.5, 0.6) is 0 Å². The minimum atomic E-state index is -0.503. The summed E-state index contributed by atoms with van der Waals surface area (Å²) in [5.41, 5.74) is 2.49. The van der Waals surface area contributed by atoms with Gasteiger partial charge in [0.1, 0.15) is 24.4 Å². The molecule has 4 fully saturated rings. The Hall–Kier alpha value is -0.500. The third kappa shape index (κ3) is 9.49. The largest absolute Gasteiger partial charge is 0.379 e. The van der Waals surface area contributed by atoms with Gasteiger partial charge in [-0.05, 0) is 117 Å². The van der Waals surface area contributed by atoms with E-state index in [4.69, 9.17) is 28.4 Å². The smallest absolute Gasteiger partial charge is 0.187 e. The summed E-state index contributed by atoms with van der Waals surface area (Å²) >= 11 is 0. The third-order valence-electron chi connectivity index (χ3n) is 14.7. The Balaban J connectivity index is 1.33. The number of ether oxygens (including phenoxy) is 6. The summed E-state index contributed by atoms with van der Waals surface area (Å²) in [7, 11) is 0. The fourth-order valence-electron chi connectivity index (χ4n) is 11.4. The Morgan fingerprint density at radius 3 is 2.06 bits per heavy atom. The number of fused-ring (bicyclic) bond motifs is 5. The average molecular weight is 717 g/mol. The highest BCUT2D eigenvalue weighted by atomic mass is 16.7. The molecule has 0 aromatic carbocycles. The molecule has 1 saturated heterocycles. The van der Waals surface area contributed by atoms with Crippen LogP contribution in [0.3, 0.4) is 0 Å². The normalized spacial score (nSPS) is 40.0. The summed E-state index contributed by atoms with van der Waals surface area (Å²) in [6.07, 6.45) is 21.3. The van der Waals surface area contributed by atoms with Gasteiger partial charge in [-0.1, -0.05) is 99.1 Å². The highest BCUT2D eigenvalue weighted by molar-refractivity contribution is 5.25. The summed E-state index contributed by atoms with van der Waals surface area (Å²) in [5.74, 6) is 4.31. The third-order valence-corrected chi connectivity index (χ3v) is 14.7. The molecule has 4 aliphatic carbocycles. The molecule has 0 radical (unpaired) electrons. The number of hydrogen-bond donors (Lipinski definition) is 0. The van der Waals surface area contributed by atoms with Gasteiger partial charge < -0.3 is 28.4 Å². The topological polar surface area (TPSA) is 55.4 Å². The van der Waals surface area contributed by atoms with Crippen LogP contribution in [0.15, 0.2) is 11.6 Å². The SMILES string of the molecule is CCCCOCC1O[C@H](O[C@H]2CC[C@@]3(C)C(=CC[C@H]4[C@@H]5CC[C@H]([C@H](C)CC)[C@@]5(C)CC[C@@H]43)C2)C(OCCCC)[C@@H](OCCCC)[C@@H]1OCCCC. The van der Waals surface area contributed by atoms with E-state index in [9.17, 15) is 0 Å². The molecule has 5 aliphatic rings. The van der Waals surface area contributed by atoms with Crippen LogP contribution >= 0.6 is 0 Å². The summed E-state index contributed by atoms with van der Waals surface area (Å²) in [6.45, 7) is 22.4. The zero-order valence-corrected chi connectivity index (χ0v) is 34.4. The predicted octanol–water partition coefficient (Wildman–Crippen LogP) is 11.1. The monoisotopic (exact) mass is 717 g/mol. The molecule has 0 spiro atoms. The van der Waals surface area contributed by atoms with E-state index in [1.165, 1.54) is 44.9 Å². The van der Waals surface area contributed by atoms with Crippen LogP contribution in [0, 0.1) is 40.4 Å². The van der Waals surface area contributed by atoms with Gasteiger partial charge in [-0.3, -0.25) is 0 Å². The highest BCUT2D eigenvalue weighted by Crippen LogP contribution is 2.67. The second kappa shape index (κ2) is 19.9. The molecule has 296 valence electrons. The van der Waals surface area contributed by atoms with Crippen molar-refractivity contribution < 1.29 is 28.4 Å². The van der Waals surface area contributed by atoms with E-state index < -0.39 is 6.29 Å². The van der Waals surface area contributed by atoms with Crippen LogP contribution < -0.4 is 0 Å². The van der Waals surface area contributed by atoms with Crippen molar-refractivity contribution in [2.24, 2.45) is 40.4 Å². The summed E-state index contributed by atoms with van der Waals surface area (Å²) in [5, 5.41) is 0. The number of rotatable bonds is 21. The minimum absolute atomic E-state index is 0.119. The first-order valence-corrected chi connectivity index (χ1v) is 22.2. The van der Waals surface area contributed by atoms with E-state index in [0.717, 1.165) is 100 Å². The van der Waals surface area contributed by atoms with Gasteiger partial charge in [0.2, 0.25) is 0 Å². The quantitative estimate of drug-likeness (QED) is 0.0871. The first-order valence-electron chi connectivity index (χ1n) is 22.2. The maximum Gasteiger partial charge on any atom is 0.187 e. The van der Waals surface area contributed by atoms with Crippen molar-refractivity contribution in [1.29, 1.82) is 0 Å². The molecule has 0 aromatic rings. The predicted molar refractivity (Wildman–Crippen MR) is 208 cm³/mol. The lowest BCUT2D eigenvalue weighted by molar-refractivity contribution is -0.333. The van der Waals surface area contributed by atoms with Gasteiger partial charge in [-0.15, -0.1) is 0 Å². The van der Waals surface area contributed by atoms with Crippen molar-refractivity contribution in [3.8, 4) is 0 Å². The first kappa shape index (κ1) is 41.7. The lowest BCUT2D eigenvalue weighted by Crippen LogP contribution is -2.62. The molecule has 0 aromatic heterocycles. The lowest BCUT2D eigenvalue weighted by atomic mass is 9.47. The fraction of sp³-hybridized carbons (Fsp3) is 0.956. The minimum Gasteiger partial charge on any atom is -0.379 e. The average Bonchev–Trinajstić information content (AvgIpc) is 3.49. The Kier molecular flexibility index (Phi) is 16.3. The van der Waals surface area contributed by atoms with Gasteiger partial charge in [0, 0.05) is 26.4 Å². The Labute approximate surface area is 314 Å². The van der Waals surface area contributed by atoms with E-state index in [1.54, 1.807) is 5.57 Å². The Morgan fingerprint density at radius 1 is 0.745 bits per heavy atom. The van der Waals surface area contributed by atoms with Crippen LogP contribution in [0.1, 0.15) is 165 Å². The van der Waals surface area contributed by atoms with Crippen molar-refractivity contribution >= 4 is 0 Å². The van der Waals surface area contributed by atoms with Gasteiger partial charge in [-0.2, -0.15) is 0 Å². The Bertz CT molecular complexity index is 1050. The zero-order valence-electron chi connectivity index (χ0n) is 34.4. The van der Waals surface area contributed by atoms with Crippen LogP contribution in [-0.2, 0) is 28.4 Å². The molecule has 3 saturated carbocycles. The standard InChI is InChI=1S/C45H80O6/c1-9-14-26-46-31-39-40(47-27-15-10-2)41(48-28-16-11-3)42(49-29-17-12-4)43(51-39)50-34-22-24-44(7)33(30-34)18-19-35-37-21-20-36(32(6)13-5)45(37,8)25-23-38(35)44/h18,32,34-43H,9-17,19-31H2,1-8H3/t32-,34+,35+,36-,37+,38+,39?,40-,41+,42?,43+,44+,45-/m1/s1. The van der Waals surface area contributed by atoms with Crippen LogP contribution in [0.2, 0.25) is 0 Å². The second-order valence-corrected chi connectivity index (χ2v) is 17.9. The number of allylic oxidation sites excluding steroid dienone is 1. The van der Waals surface area contributed by atoms with E-state index >= 15 is 0 Å². The molecule has 51 heavy (non-hydrogen) atoms. The number of unbranched alkanes of at least 4 members (excludes halogenated alkanes) is 4. The second-order valence-electron chi connectivity index (χ2n) is 17.9. The van der Waals surface area contributed by atoms with Gasteiger partial charge >= 0.3 is 0 Å². The molecule has 0 N–H and O–H groups in total. The van der Waals surface area contributed by atoms with Crippen LogP contribution in [0.4, 0.5) is 0 Å².